The van der Waals surface area contributed by atoms with Gasteiger partial charge in [-0.1, -0.05) is 45.4 Å². The summed E-state index contributed by atoms with van der Waals surface area (Å²) in [6, 6.07) is 0. The van der Waals surface area contributed by atoms with Crippen LogP contribution in [0.25, 0.3) is 0 Å². The fourth-order valence-electron chi connectivity index (χ4n) is 1.96. The molecule has 0 bridgehead atoms. The van der Waals surface area contributed by atoms with Crippen molar-refractivity contribution in [2.75, 3.05) is 0 Å². The van der Waals surface area contributed by atoms with Gasteiger partial charge < -0.3 is 12.4 Å². The van der Waals surface area contributed by atoms with Crippen LogP contribution in [0.15, 0.2) is 18.7 Å². The summed E-state index contributed by atoms with van der Waals surface area (Å²) < 4.78 is 3.57. The zero-order chi connectivity index (χ0) is 12.5. The van der Waals surface area contributed by atoms with Crippen LogP contribution < -0.4 is 17.0 Å². The zero-order valence-electron chi connectivity index (χ0n) is 11.6. The van der Waals surface area contributed by atoms with Gasteiger partial charge in [0.2, 0.25) is 0 Å². The molecule has 0 saturated heterocycles. The summed E-state index contributed by atoms with van der Waals surface area (Å²) in [7, 11) is 1.93. The summed E-state index contributed by atoms with van der Waals surface area (Å²) in [5.74, 6) is 0.208. The minimum absolute atomic E-state index is 0. The predicted molar refractivity (Wildman–Crippen MR) is 68.8 cm³/mol. The number of hydrogen-bond acceptors (Lipinski definition) is 1. The van der Waals surface area contributed by atoms with Crippen LogP contribution in [0.4, 0.5) is 0 Å². The number of imidazole rings is 1. The zero-order valence-corrected chi connectivity index (χ0v) is 12.3. The van der Waals surface area contributed by atoms with Gasteiger partial charge in [0.15, 0.2) is 0 Å². The molecule has 104 valence electrons. The third kappa shape index (κ3) is 6.80. The SMILES string of the molecule is CCCCCCCCCC(=O)n1cc[n+](C)c1.[Cl-]. The first kappa shape index (κ1) is 17.2. The number of unbranched alkanes of at least 4 members (excludes halogenated alkanes) is 6. The lowest BCUT2D eigenvalue weighted by Crippen LogP contribution is -3.00. The Kier molecular flexibility index (Phi) is 9.66. The highest BCUT2D eigenvalue weighted by Gasteiger charge is 2.10. The summed E-state index contributed by atoms with van der Waals surface area (Å²) >= 11 is 0. The summed E-state index contributed by atoms with van der Waals surface area (Å²) in [6.45, 7) is 2.23. The number of carbonyl (C=O) groups is 1. The molecule has 0 radical (unpaired) electrons. The number of halogens is 1. The van der Waals surface area contributed by atoms with E-state index in [0.717, 1.165) is 6.42 Å². The number of carbonyl (C=O) groups excluding carboxylic acids is 1. The number of nitrogens with zero attached hydrogens (tertiary/aromatic N) is 2. The van der Waals surface area contributed by atoms with Gasteiger partial charge >= 0.3 is 5.91 Å². The molecule has 1 aromatic heterocycles. The van der Waals surface area contributed by atoms with E-state index >= 15 is 0 Å². The van der Waals surface area contributed by atoms with Crippen LogP contribution in [0.1, 0.15) is 63.1 Å². The molecule has 3 nitrogen and oxygen atoms in total. The van der Waals surface area contributed by atoms with E-state index in [1.54, 1.807) is 4.57 Å². The monoisotopic (exact) mass is 272 g/mol. The Labute approximate surface area is 117 Å². The van der Waals surface area contributed by atoms with Crippen molar-refractivity contribution in [2.45, 2.75) is 58.3 Å². The Bertz CT molecular complexity index is 336. The lowest BCUT2D eigenvalue weighted by atomic mass is 10.1. The highest BCUT2D eigenvalue weighted by molar-refractivity contribution is 5.78. The maximum Gasteiger partial charge on any atom is 0.313 e. The summed E-state index contributed by atoms with van der Waals surface area (Å²) in [4.78, 5) is 11.7. The maximum atomic E-state index is 11.7. The fourth-order valence-corrected chi connectivity index (χ4v) is 1.96. The smallest absolute Gasteiger partial charge is 0.313 e. The molecule has 0 unspecified atom stereocenters. The molecule has 1 rings (SSSR count). The van der Waals surface area contributed by atoms with Crippen molar-refractivity contribution in [2.24, 2.45) is 7.05 Å². The minimum Gasteiger partial charge on any atom is -1.00 e. The average Bonchev–Trinajstić information content (AvgIpc) is 2.74. The predicted octanol–water partition coefficient (Wildman–Crippen LogP) is 0.0975. The molecule has 0 amide bonds. The van der Waals surface area contributed by atoms with E-state index in [2.05, 4.69) is 6.92 Å². The molecule has 0 spiro atoms. The molecule has 0 aliphatic rings. The highest BCUT2D eigenvalue weighted by atomic mass is 35.5. The van der Waals surface area contributed by atoms with Crippen molar-refractivity contribution < 1.29 is 21.8 Å². The third-order valence-corrected chi connectivity index (χ3v) is 3.05. The first-order chi connectivity index (χ1) is 8.24. The largest absolute Gasteiger partial charge is 1.00 e. The van der Waals surface area contributed by atoms with Gasteiger partial charge in [-0.15, -0.1) is 0 Å². The average molecular weight is 273 g/mol. The number of aromatic nitrogens is 2. The molecule has 0 fully saturated rings. The lowest BCUT2D eigenvalue weighted by molar-refractivity contribution is -0.670. The van der Waals surface area contributed by atoms with Crippen LogP contribution in [-0.4, -0.2) is 10.5 Å². The van der Waals surface area contributed by atoms with E-state index in [9.17, 15) is 4.79 Å². The van der Waals surface area contributed by atoms with Crippen LogP contribution >= 0.6 is 0 Å². The van der Waals surface area contributed by atoms with Crippen molar-refractivity contribution in [3.63, 3.8) is 0 Å². The second-order valence-corrected chi connectivity index (χ2v) is 4.75. The molecule has 4 heteroatoms. The first-order valence-electron chi connectivity index (χ1n) is 6.80. The van der Waals surface area contributed by atoms with Gasteiger partial charge in [-0.2, -0.15) is 4.57 Å². The fraction of sp³-hybridized carbons (Fsp3) is 0.714. The molecule has 0 aromatic carbocycles. The molecule has 18 heavy (non-hydrogen) atoms. The highest BCUT2D eigenvalue weighted by Crippen LogP contribution is 2.08. The Hall–Kier alpha value is -0.830. The van der Waals surface area contributed by atoms with E-state index in [1.165, 1.54) is 38.5 Å². The number of aryl methyl sites for hydroxylation is 1. The van der Waals surface area contributed by atoms with Gasteiger partial charge in [0.25, 0.3) is 6.33 Å². The van der Waals surface area contributed by atoms with E-state index in [4.69, 9.17) is 0 Å². The van der Waals surface area contributed by atoms with Crippen LogP contribution in [0.3, 0.4) is 0 Å². The van der Waals surface area contributed by atoms with Crippen molar-refractivity contribution in [3.8, 4) is 0 Å². The van der Waals surface area contributed by atoms with Gasteiger partial charge in [0.1, 0.15) is 12.4 Å². The third-order valence-electron chi connectivity index (χ3n) is 3.05. The molecule has 0 saturated carbocycles. The van der Waals surface area contributed by atoms with Gasteiger partial charge in [-0.05, 0) is 6.42 Å². The van der Waals surface area contributed by atoms with Crippen LogP contribution in [0.2, 0.25) is 0 Å². The number of rotatable bonds is 8. The Morgan fingerprint density at radius 2 is 1.72 bits per heavy atom. The molecular formula is C14H25ClN2O. The van der Waals surface area contributed by atoms with E-state index in [0.29, 0.717) is 6.42 Å². The molecule has 0 aliphatic heterocycles. The van der Waals surface area contributed by atoms with E-state index in [1.807, 2.05) is 30.3 Å². The van der Waals surface area contributed by atoms with Crippen LogP contribution in [0.5, 0.6) is 0 Å². The number of hydrogen-bond donors (Lipinski definition) is 0. The Morgan fingerprint density at radius 3 is 2.28 bits per heavy atom. The second kappa shape index (κ2) is 10.1. The van der Waals surface area contributed by atoms with Gasteiger partial charge in [-0.25, -0.2) is 9.36 Å². The van der Waals surface area contributed by atoms with Crippen LogP contribution in [0, 0.1) is 0 Å². The van der Waals surface area contributed by atoms with Crippen molar-refractivity contribution in [1.82, 2.24) is 4.57 Å². The normalized spacial score (nSPS) is 10.1. The Balaban J connectivity index is 0.00000289. The van der Waals surface area contributed by atoms with Gasteiger partial charge in [0, 0.05) is 0 Å². The summed E-state index contributed by atoms with van der Waals surface area (Å²) in [5.41, 5.74) is 0. The lowest BCUT2D eigenvalue weighted by Gasteiger charge is -1.99. The standard InChI is InChI=1S/C14H25N2O.ClH/c1-3-4-5-6-7-8-9-10-14(17)16-12-11-15(2)13-16;/h11-13H,3-10H2,1-2H3;1H/q+1;/p-1. The second-order valence-electron chi connectivity index (χ2n) is 4.75. The summed E-state index contributed by atoms with van der Waals surface area (Å²) in [6.07, 6.45) is 15.0. The van der Waals surface area contributed by atoms with E-state index < -0.39 is 0 Å². The van der Waals surface area contributed by atoms with Crippen molar-refractivity contribution >= 4 is 5.91 Å². The van der Waals surface area contributed by atoms with Crippen LogP contribution in [-0.2, 0) is 7.05 Å². The topological polar surface area (TPSA) is 25.9 Å². The first-order valence-corrected chi connectivity index (χ1v) is 6.80. The quantitative estimate of drug-likeness (QED) is 0.487. The molecular weight excluding hydrogens is 248 g/mol. The Morgan fingerprint density at radius 1 is 1.11 bits per heavy atom. The van der Waals surface area contributed by atoms with Gasteiger partial charge in [-0.3, -0.25) is 0 Å². The van der Waals surface area contributed by atoms with Gasteiger partial charge in [0.05, 0.1) is 13.5 Å². The minimum atomic E-state index is 0. The van der Waals surface area contributed by atoms with Crippen molar-refractivity contribution in [3.05, 3.63) is 18.7 Å². The summed E-state index contributed by atoms with van der Waals surface area (Å²) in [5, 5.41) is 0. The molecule has 1 aromatic rings. The molecule has 0 atom stereocenters. The molecule has 1 heterocycles. The van der Waals surface area contributed by atoms with E-state index in [-0.39, 0.29) is 18.3 Å². The molecule has 0 aliphatic carbocycles. The molecule has 0 N–H and O–H groups in total. The maximum absolute atomic E-state index is 11.7. The van der Waals surface area contributed by atoms with Crippen molar-refractivity contribution in [1.29, 1.82) is 0 Å².